The van der Waals surface area contributed by atoms with Crippen LogP contribution in [0.1, 0.15) is 59.3 Å². The number of aliphatic carboxylic acids is 1. The molecule has 3 unspecified atom stereocenters. The number of carboxylic acid groups (broad SMARTS) is 1. The first-order valence-corrected chi connectivity index (χ1v) is 8.03. The Labute approximate surface area is 127 Å². The summed E-state index contributed by atoms with van der Waals surface area (Å²) in [6, 6.07) is 0.0811. The van der Waals surface area contributed by atoms with E-state index in [1.165, 1.54) is 0 Å². The van der Waals surface area contributed by atoms with E-state index in [2.05, 4.69) is 12.2 Å². The maximum Gasteiger partial charge on any atom is 0.307 e. The van der Waals surface area contributed by atoms with E-state index in [0.29, 0.717) is 19.4 Å². The highest BCUT2D eigenvalue weighted by molar-refractivity contribution is 5.76. The summed E-state index contributed by atoms with van der Waals surface area (Å²) in [5.41, 5.74) is 5.13. The van der Waals surface area contributed by atoms with Crippen molar-refractivity contribution in [3.63, 3.8) is 0 Å². The number of hydrogen-bond acceptors (Lipinski definition) is 3. The number of carbonyl (C=O) groups excluding carboxylic acids is 1. The van der Waals surface area contributed by atoms with Gasteiger partial charge in [0.05, 0.1) is 5.92 Å². The second-order valence-electron chi connectivity index (χ2n) is 6.85. The van der Waals surface area contributed by atoms with Crippen LogP contribution < -0.4 is 11.1 Å². The summed E-state index contributed by atoms with van der Waals surface area (Å²) in [6.45, 7) is 6.71. The second-order valence-corrected chi connectivity index (χ2v) is 6.85. The molecule has 122 valence electrons. The average Bonchev–Trinajstić information content (AvgIpc) is 2.40. The van der Waals surface area contributed by atoms with Gasteiger partial charge in [-0.15, -0.1) is 0 Å². The fourth-order valence-electron chi connectivity index (χ4n) is 3.33. The third kappa shape index (κ3) is 4.70. The van der Waals surface area contributed by atoms with E-state index in [4.69, 9.17) is 5.73 Å². The van der Waals surface area contributed by atoms with Gasteiger partial charge in [0.2, 0.25) is 5.91 Å². The van der Waals surface area contributed by atoms with E-state index in [9.17, 15) is 14.7 Å². The minimum Gasteiger partial charge on any atom is -0.481 e. The Morgan fingerprint density at radius 3 is 2.48 bits per heavy atom. The summed E-state index contributed by atoms with van der Waals surface area (Å²) in [6.07, 6.45) is 4.72. The first kappa shape index (κ1) is 18.0. The normalized spacial score (nSPS) is 28.1. The van der Waals surface area contributed by atoms with Gasteiger partial charge in [-0.05, 0) is 43.6 Å². The van der Waals surface area contributed by atoms with Crippen LogP contribution in [0, 0.1) is 17.3 Å². The van der Waals surface area contributed by atoms with Crippen molar-refractivity contribution in [1.82, 2.24) is 5.32 Å². The Morgan fingerprint density at radius 1 is 1.24 bits per heavy atom. The van der Waals surface area contributed by atoms with Crippen LogP contribution in [0.3, 0.4) is 0 Å². The minimum absolute atomic E-state index is 0.0773. The molecule has 1 aliphatic rings. The van der Waals surface area contributed by atoms with Crippen LogP contribution in [0.25, 0.3) is 0 Å². The predicted molar refractivity (Wildman–Crippen MR) is 82.8 cm³/mol. The molecule has 5 heteroatoms. The van der Waals surface area contributed by atoms with Gasteiger partial charge in [0, 0.05) is 12.5 Å². The van der Waals surface area contributed by atoms with Crippen molar-refractivity contribution >= 4 is 11.9 Å². The molecule has 0 heterocycles. The molecule has 1 amide bonds. The zero-order valence-corrected chi connectivity index (χ0v) is 13.5. The smallest absolute Gasteiger partial charge is 0.307 e. The zero-order valence-electron chi connectivity index (χ0n) is 13.5. The Hall–Kier alpha value is -1.10. The summed E-state index contributed by atoms with van der Waals surface area (Å²) in [5, 5.41) is 12.4. The summed E-state index contributed by atoms with van der Waals surface area (Å²) in [4.78, 5) is 23.3. The first-order valence-electron chi connectivity index (χ1n) is 8.03. The highest BCUT2D eigenvalue weighted by Gasteiger charge is 2.46. The molecular weight excluding hydrogens is 268 g/mol. The molecule has 0 radical (unpaired) electrons. The molecule has 0 spiro atoms. The van der Waals surface area contributed by atoms with Gasteiger partial charge in [-0.25, -0.2) is 0 Å². The van der Waals surface area contributed by atoms with Crippen LogP contribution in [0.5, 0.6) is 0 Å². The fraction of sp³-hybridized carbons (Fsp3) is 0.875. The maximum absolute atomic E-state index is 12.0. The highest BCUT2D eigenvalue weighted by Crippen LogP contribution is 2.45. The van der Waals surface area contributed by atoms with Crippen LogP contribution in [-0.4, -0.2) is 29.6 Å². The summed E-state index contributed by atoms with van der Waals surface area (Å²) < 4.78 is 0. The molecule has 0 saturated heterocycles. The van der Waals surface area contributed by atoms with Gasteiger partial charge in [-0.1, -0.05) is 27.2 Å². The van der Waals surface area contributed by atoms with Crippen LogP contribution in [0.2, 0.25) is 0 Å². The van der Waals surface area contributed by atoms with Crippen LogP contribution in [-0.2, 0) is 9.59 Å². The molecule has 1 fully saturated rings. The Balaban J connectivity index is 2.50. The summed E-state index contributed by atoms with van der Waals surface area (Å²) in [7, 11) is 0. The molecule has 4 N–H and O–H groups in total. The van der Waals surface area contributed by atoms with Crippen molar-refractivity contribution in [3.05, 3.63) is 0 Å². The molecule has 1 rings (SSSR count). The predicted octanol–water partition coefficient (Wildman–Crippen LogP) is 2.15. The standard InChI is InChI=1S/C16H30N2O3/c1-11-13(18-14(19)7-5-4-6-10-17)9-8-12(15(20)21)16(11,2)3/h11-13H,4-10,17H2,1-3H3,(H,18,19)(H,20,21). The Kier molecular flexibility index (Phi) is 6.65. The van der Waals surface area contributed by atoms with E-state index in [1.54, 1.807) is 0 Å². The quantitative estimate of drug-likeness (QED) is 0.628. The van der Waals surface area contributed by atoms with Gasteiger partial charge in [-0.3, -0.25) is 9.59 Å². The lowest BCUT2D eigenvalue weighted by atomic mass is 9.61. The largest absolute Gasteiger partial charge is 0.481 e. The number of amides is 1. The molecule has 3 atom stereocenters. The van der Waals surface area contributed by atoms with Gasteiger partial charge < -0.3 is 16.2 Å². The maximum atomic E-state index is 12.0. The van der Waals surface area contributed by atoms with Gasteiger partial charge in [0.25, 0.3) is 0 Å². The number of nitrogens with two attached hydrogens (primary N) is 1. The number of unbranched alkanes of at least 4 members (excludes halogenated alkanes) is 2. The van der Waals surface area contributed by atoms with Crippen molar-refractivity contribution in [1.29, 1.82) is 0 Å². The number of nitrogens with one attached hydrogen (secondary N) is 1. The van der Waals surface area contributed by atoms with Crippen LogP contribution in [0.4, 0.5) is 0 Å². The number of carboxylic acids is 1. The van der Waals surface area contributed by atoms with Gasteiger partial charge in [-0.2, -0.15) is 0 Å². The van der Waals surface area contributed by atoms with Crippen molar-refractivity contribution in [3.8, 4) is 0 Å². The molecule has 1 saturated carbocycles. The van der Waals surface area contributed by atoms with Crippen LogP contribution in [0.15, 0.2) is 0 Å². The number of rotatable bonds is 7. The monoisotopic (exact) mass is 298 g/mol. The summed E-state index contributed by atoms with van der Waals surface area (Å²) >= 11 is 0. The fourth-order valence-corrected chi connectivity index (χ4v) is 3.33. The van der Waals surface area contributed by atoms with E-state index in [1.807, 2.05) is 13.8 Å². The molecular formula is C16H30N2O3. The lowest BCUT2D eigenvalue weighted by Gasteiger charge is -2.46. The highest BCUT2D eigenvalue weighted by atomic mass is 16.4. The second kappa shape index (κ2) is 7.78. The van der Waals surface area contributed by atoms with Gasteiger partial charge in [0.15, 0.2) is 0 Å². The van der Waals surface area contributed by atoms with E-state index in [-0.39, 0.29) is 29.2 Å². The minimum atomic E-state index is -0.724. The molecule has 0 bridgehead atoms. The van der Waals surface area contributed by atoms with Crippen molar-refractivity contribution < 1.29 is 14.7 Å². The van der Waals surface area contributed by atoms with E-state index < -0.39 is 5.97 Å². The van der Waals surface area contributed by atoms with E-state index in [0.717, 1.165) is 25.7 Å². The van der Waals surface area contributed by atoms with Gasteiger partial charge >= 0.3 is 5.97 Å². The van der Waals surface area contributed by atoms with Crippen LogP contribution >= 0.6 is 0 Å². The Morgan fingerprint density at radius 2 is 1.90 bits per heavy atom. The topological polar surface area (TPSA) is 92.4 Å². The molecule has 0 aromatic rings. The lowest BCUT2D eigenvalue weighted by molar-refractivity contribution is -0.150. The molecule has 0 aromatic carbocycles. The molecule has 1 aliphatic carbocycles. The molecule has 21 heavy (non-hydrogen) atoms. The van der Waals surface area contributed by atoms with Gasteiger partial charge in [0.1, 0.15) is 0 Å². The number of hydrogen-bond donors (Lipinski definition) is 3. The van der Waals surface area contributed by atoms with E-state index >= 15 is 0 Å². The third-order valence-electron chi connectivity index (χ3n) is 5.19. The first-order chi connectivity index (χ1) is 9.80. The molecule has 5 nitrogen and oxygen atoms in total. The summed E-state index contributed by atoms with van der Waals surface area (Å²) in [5.74, 6) is -0.822. The van der Waals surface area contributed by atoms with Crippen molar-refractivity contribution in [2.75, 3.05) is 6.54 Å². The lowest BCUT2D eigenvalue weighted by Crippen LogP contribution is -2.52. The number of carbonyl (C=O) groups is 2. The third-order valence-corrected chi connectivity index (χ3v) is 5.19. The SMILES string of the molecule is CC1C(NC(=O)CCCCCN)CCC(C(=O)O)C1(C)C. The molecule has 0 aliphatic heterocycles. The van der Waals surface area contributed by atoms with Crippen molar-refractivity contribution in [2.24, 2.45) is 23.0 Å². The zero-order chi connectivity index (χ0) is 16.0. The van der Waals surface area contributed by atoms with Crippen molar-refractivity contribution in [2.45, 2.75) is 65.3 Å². The Bertz CT molecular complexity index is 369. The average molecular weight is 298 g/mol. The molecule has 0 aromatic heterocycles.